The molecule has 1 aliphatic heterocycles. The largest absolute Gasteiger partial charge is 0.465 e. The number of nitrogens with one attached hydrogen (secondary N) is 2. The molecule has 2 N–H and O–H groups in total. The van der Waals surface area contributed by atoms with Crippen LogP contribution in [0.5, 0.6) is 0 Å². The van der Waals surface area contributed by atoms with Crippen molar-refractivity contribution >= 4 is 22.8 Å². The van der Waals surface area contributed by atoms with Gasteiger partial charge in [0.25, 0.3) is 5.56 Å². The zero-order valence-electron chi connectivity index (χ0n) is 17.1. The molecule has 156 valence electrons. The maximum atomic E-state index is 12.6. The Bertz CT molecular complexity index is 1190. The van der Waals surface area contributed by atoms with Gasteiger partial charge in [-0.05, 0) is 37.8 Å². The summed E-state index contributed by atoms with van der Waals surface area (Å²) in [4.78, 5) is 40.2. The summed E-state index contributed by atoms with van der Waals surface area (Å²) in [6.45, 7) is 2.70. The summed E-state index contributed by atoms with van der Waals surface area (Å²) in [6, 6.07) is 7.50. The first-order valence-corrected chi connectivity index (χ1v) is 10.0. The molecule has 0 atom stereocenters. The van der Waals surface area contributed by atoms with E-state index in [2.05, 4.69) is 15.4 Å². The van der Waals surface area contributed by atoms with Crippen molar-refractivity contribution in [2.24, 2.45) is 0 Å². The number of H-pyrrole nitrogens is 1. The maximum absolute atomic E-state index is 12.6. The second-order valence-electron chi connectivity index (χ2n) is 7.50. The van der Waals surface area contributed by atoms with E-state index in [0.717, 1.165) is 48.0 Å². The first-order chi connectivity index (χ1) is 14.5. The van der Waals surface area contributed by atoms with Gasteiger partial charge >= 0.3 is 5.97 Å². The second-order valence-corrected chi connectivity index (χ2v) is 7.50. The van der Waals surface area contributed by atoms with Crippen LogP contribution in [-0.4, -0.2) is 33.8 Å². The summed E-state index contributed by atoms with van der Waals surface area (Å²) in [6.07, 6.45) is 2.71. The molecule has 30 heavy (non-hydrogen) atoms. The normalized spacial score (nSPS) is 13.1. The Labute approximate surface area is 173 Å². The van der Waals surface area contributed by atoms with Gasteiger partial charge in [-0.15, -0.1) is 0 Å². The lowest BCUT2D eigenvalue weighted by atomic mass is 10.0. The van der Waals surface area contributed by atoms with Gasteiger partial charge in [-0.3, -0.25) is 14.3 Å². The summed E-state index contributed by atoms with van der Waals surface area (Å²) in [5.74, 6) is -0.745. The van der Waals surface area contributed by atoms with Crippen LogP contribution in [0.4, 0.5) is 0 Å². The monoisotopic (exact) mass is 408 g/mol. The maximum Gasteiger partial charge on any atom is 0.341 e. The van der Waals surface area contributed by atoms with Gasteiger partial charge in [0.15, 0.2) is 0 Å². The van der Waals surface area contributed by atoms with Crippen molar-refractivity contribution in [3.05, 3.63) is 62.7 Å². The fourth-order valence-electron chi connectivity index (χ4n) is 4.07. The zero-order chi connectivity index (χ0) is 21.3. The fraction of sp³-hybridized carbons (Fsp3) is 0.364. The van der Waals surface area contributed by atoms with E-state index in [1.807, 2.05) is 35.9 Å². The van der Waals surface area contributed by atoms with Crippen molar-refractivity contribution in [1.82, 2.24) is 20.1 Å². The first kappa shape index (κ1) is 19.9. The Hall–Kier alpha value is -3.42. The molecular weight excluding hydrogens is 384 g/mol. The molecule has 1 amide bonds. The van der Waals surface area contributed by atoms with Gasteiger partial charge in [0.2, 0.25) is 5.91 Å². The van der Waals surface area contributed by atoms with Crippen molar-refractivity contribution < 1.29 is 14.3 Å². The molecule has 1 aromatic carbocycles. The topological polar surface area (TPSA) is 106 Å². The Kier molecular flexibility index (Phi) is 5.39. The highest BCUT2D eigenvalue weighted by atomic mass is 16.5. The summed E-state index contributed by atoms with van der Waals surface area (Å²) in [5.41, 5.74) is 3.50. The molecule has 0 bridgehead atoms. The van der Waals surface area contributed by atoms with Crippen LogP contribution in [0.2, 0.25) is 0 Å². The molecule has 3 heterocycles. The van der Waals surface area contributed by atoms with E-state index < -0.39 is 5.97 Å². The molecule has 2 aromatic heterocycles. The molecule has 4 rings (SSSR count). The van der Waals surface area contributed by atoms with Crippen molar-refractivity contribution in [3.63, 3.8) is 0 Å². The minimum Gasteiger partial charge on any atom is -0.465 e. The van der Waals surface area contributed by atoms with Gasteiger partial charge in [0.05, 0.1) is 31.5 Å². The lowest BCUT2D eigenvalue weighted by Gasteiger charge is -2.13. The Morgan fingerprint density at radius 1 is 1.27 bits per heavy atom. The SMILES string of the molecule is COC(=O)c1c(CNC(=O)Cc2c(C)c3ccccc3[nH]c2=O)nn2c1CCCC2. The predicted octanol–water partition coefficient (Wildman–Crippen LogP) is 2.01. The molecule has 1 aliphatic rings. The third kappa shape index (κ3) is 3.60. The van der Waals surface area contributed by atoms with Crippen LogP contribution in [-0.2, 0) is 35.5 Å². The summed E-state index contributed by atoms with van der Waals surface area (Å²) < 4.78 is 6.75. The van der Waals surface area contributed by atoms with Crippen LogP contribution < -0.4 is 10.9 Å². The van der Waals surface area contributed by atoms with Gasteiger partial charge in [-0.2, -0.15) is 5.10 Å². The minimum absolute atomic E-state index is 0.0485. The number of ether oxygens (including phenoxy) is 1. The van der Waals surface area contributed by atoms with Crippen LogP contribution in [0.3, 0.4) is 0 Å². The van der Waals surface area contributed by atoms with E-state index in [9.17, 15) is 14.4 Å². The number of fused-ring (bicyclic) bond motifs is 2. The van der Waals surface area contributed by atoms with Gasteiger partial charge in [0, 0.05) is 23.0 Å². The van der Waals surface area contributed by atoms with Crippen LogP contribution in [0.25, 0.3) is 10.9 Å². The van der Waals surface area contributed by atoms with Crippen molar-refractivity contribution in [1.29, 1.82) is 0 Å². The third-order valence-corrected chi connectivity index (χ3v) is 5.65. The number of para-hydroxylation sites is 1. The number of aromatic amines is 1. The van der Waals surface area contributed by atoms with Gasteiger partial charge in [-0.25, -0.2) is 4.79 Å². The standard InChI is InChI=1S/C22H24N4O4/c1-13-14-7-3-4-8-16(14)24-21(28)15(13)11-19(27)23-12-17-20(22(29)30-2)18-9-5-6-10-26(18)25-17/h3-4,7-8H,5-6,9-12H2,1-2H3,(H,23,27)(H,24,28). The smallest absolute Gasteiger partial charge is 0.341 e. The quantitative estimate of drug-likeness (QED) is 0.628. The number of esters is 1. The zero-order valence-corrected chi connectivity index (χ0v) is 17.1. The van der Waals surface area contributed by atoms with E-state index in [1.165, 1.54) is 7.11 Å². The van der Waals surface area contributed by atoms with Gasteiger partial charge in [-0.1, -0.05) is 18.2 Å². The number of aryl methyl sites for hydroxylation is 2. The van der Waals surface area contributed by atoms with Crippen LogP contribution in [0.1, 0.15) is 45.7 Å². The van der Waals surface area contributed by atoms with E-state index in [4.69, 9.17) is 4.74 Å². The lowest BCUT2D eigenvalue weighted by molar-refractivity contribution is -0.120. The summed E-state index contributed by atoms with van der Waals surface area (Å²) >= 11 is 0. The van der Waals surface area contributed by atoms with Crippen molar-refractivity contribution in [2.75, 3.05) is 7.11 Å². The number of amides is 1. The molecule has 3 aromatic rings. The lowest BCUT2D eigenvalue weighted by Crippen LogP contribution is -2.29. The summed E-state index contributed by atoms with van der Waals surface area (Å²) in [7, 11) is 1.34. The third-order valence-electron chi connectivity index (χ3n) is 5.65. The second kappa shape index (κ2) is 8.14. The molecule has 0 radical (unpaired) electrons. The first-order valence-electron chi connectivity index (χ1n) is 10.0. The number of benzene rings is 1. The number of methoxy groups -OCH3 is 1. The molecule has 0 aliphatic carbocycles. The van der Waals surface area contributed by atoms with E-state index in [1.54, 1.807) is 0 Å². The predicted molar refractivity (Wildman–Crippen MR) is 111 cm³/mol. The van der Waals surface area contributed by atoms with Crippen molar-refractivity contribution in [3.8, 4) is 0 Å². The molecular formula is C22H24N4O4. The van der Waals surface area contributed by atoms with E-state index in [-0.39, 0.29) is 24.4 Å². The summed E-state index contributed by atoms with van der Waals surface area (Å²) in [5, 5.41) is 8.22. The minimum atomic E-state index is -0.441. The molecule has 0 unspecified atom stereocenters. The van der Waals surface area contributed by atoms with E-state index in [0.29, 0.717) is 16.8 Å². The number of carbonyl (C=O) groups excluding carboxylic acids is 2. The highest BCUT2D eigenvalue weighted by molar-refractivity contribution is 5.92. The molecule has 8 nitrogen and oxygen atoms in total. The Morgan fingerprint density at radius 2 is 2.07 bits per heavy atom. The number of nitrogens with zero attached hydrogens (tertiary/aromatic N) is 2. The Morgan fingerprint density at radius 3 is 2.87 bits per heavy atom. The average molecular weight is 408 g/mol. The van der Waals surface area contributed by atoms with E-state index >= 15 is 0 Å². The number of hydrogen-bond donors (Lipinski definition) is 2. The number of hydrogen-bond acceptors (Lipinski definition) is 5. The van der Waals surface area contributed by atoms with Crippen LogP contribution in [0.15, 0.2) is 29.1 Å². The highest BCUT2D eigenvalue weighted by Gasteiger charge is 2.26. The van der Waals surface area contributed by atoms with Gasteiger partial charge in [0.1, 0.15) is 5.56 Å². The highest BCUT2D eigenvalue weighted by Crippen LogP contribution is 2.23. The molecule has 8 heteroatoms. The number of carbonyl (C=O) groups is 2. The van der Waals surface area contributed by atoms with Crippen molar-refractivity contribution in [2.45, 2.75) is 45.7 Å². The number of rotatable bonds is 5. The molecule has 0 fully saturated rings. The van der Waals surface area contributed by atoms with Gasteiger partial charge < -0.3 is 15.0 Å². The molecule has 0 saturated carbocycles. The van der Waals surface area contributed by atoms with Crippen LogP contribution in [0, 0.1) is 6.92 Å². The number of pyridine rings is 1. The molecule has 0 spiro atoms. The fourth-order valence-corrected chi connectivity index (χ4v) is 4.07. The number of aromatic nitrogens is 3. The van der Waals surface area contributed by atoms with Crippen LogP contribution >= 0.6 is 0 Å². The Balaban J connectivity index is 1.54. The average Bonchev–Trinajstić information content (AvgIpc) is 3.13. The molecule has 0 saturated heterocycles.